The van der Waals surface area contributed by atoms with E-state index in [2.05, 4.69) is 5.32 Å². The van der Waals surface area contributed by atoms with Crippen molar-refractivity contribution in [2.45, 2.75) is 45.8 Å². The van der Waals surface area contributed by atoms with Gasteiger partial charge in [-0.05, 0) is 25.0 Å². The zero-order valence-electron chi connectivity index (χ0n) is 15.2. The fourth-order valence-corrected chi connectivity index (χ4v) is 2.73. The van der Waals surface area contributed by atoms with Crippen LogP contribution in [0, 0.1) is 11.6 Å². The van der Waals surface area contributed by atoms with Crippen molar-refractivity contribution >= 4 is 18.5 Å². The Bertz CT molecular complexity index is 590. The zero-order chi connectivity index (χ0) is 18.2. The first-order chi connectivity index (χ1) is 12.1. The highest BCUT2D eigenvalue weighted by Gasteiger charge is 2.27. The molecule has 1 saturated heterocycles. The molecule has 148 valence electrons. The Morgan fingerprint density at radius 3 is 2.81 bits per heavy atom. The number of unbranched alkanes of at least 4 members (excludes halogenated alkanes) is 1. The van der Waals surface area contributed by atoms with Gasteiger partial charge in [0.25, 0.3) is 0 Å². The molecular weight excluding hydrogens is 366 g/mol. The molecule has 5 nitrogen and oxygen atoms in total. The molecule has 0 bridgehead atoms. The number of halogens is 3. The molecule has 1 fully saturated rings. The van der Waals surface area contributed by atoms with E-state index in [-0.39, 0.29) is 29.8 Å². The third-order valence-electron chi connectivity index (χ3n) is 4.30. The molecule has 1 amide bonds. The Morgan fingerprint density at radius 2 is 2.12 bits per heavy atom. The molecule has 1 aliphatic heterocycles. The van der Waals surface area contributed by atoms with E-state index in [9.17, 15) is 13.6 Å². The lowest BCUT2D eigenvalue weighted by Crippen LogP contribution is -2.53. The Hall–Kier alpha value is -1.60. The Kier molecular flexibility index (Phi) is 9.65. The number of carbonyl (C=O) groups excluding carboxylic acids is 1. The quantitative estimate of drug-likeness (QED) is 0.715. The first-order valence-electron chi connectivity index (χ1n) is 8.82. The molecule has 1 aliphatic rings. The van der Waals surface area contributed by atoms with Crippen LogP contribution in [0.2, 0.25) is 0 Å². The van der Waals surface area contributed by atoms with Gasteiger partial charge in [-0.1, -0.05) is 20.3 Å². The van der Waals surface area contributed by atoms with Crippen LogP contribution in [0.5, 0.6) is 5.75 Å². The van der Waals surface area contributed by atoms with Gasteiger partial charge in [-0.3, -0.25) is 0 Å². The highest BCUT2D eigenvalue weighted by atomic mass is 35.5. The van der Waals surface area contributed by atoms with Gasteiger partial charge in [-0.15, -0.1) is 12.4 Å². The van der Waals surface area contributed by atoms with E-state index in [4.69, 9.17) is 9.47 Å². The number of nitrogens with one attached hydrogen (secondary N) is 1. The summed E-state index contributed by atoms with van der Waals surface area (Å²) in [5, 5.41) is 3.21. The van der Waals surface area contributed by atoms with Crippen LogP contribution in [-0.2, 0) is 11.3 Å². The molecule has 0 aromatic heterocycles. The summed E-state index contributed by atoms with van der Waals surface area (Å²) in [6.07, 6.45) is 1.93. The summed E-state index contributed by atoms with van der Waals surface area (Å²) in [7, 11) is 0. The van der Waals surface area contributed by atoms with Crippen molar-refractivity contribution in [2.24, 2.45) is 0 Å². The van der Waals surface area contributed by atoms with Gasteiger partial charge in [-0.2, -0.15) is 0 Å². The third kappa shape index (κ3) is 5.71. The molecule has 1 heterocycles. The number of carbonyl (C=O) groups is 1. The predicted molar refractivity (Wildman–Crippen MR) is 97.8 cm³/mol. The minimum atomic E-state index is -0.809. The zero-order valence-corrected chi connectivity index (χ0v) is 16.0. The molecule has 1 aromatic carbocycles. The molecule has 1 unspecified atom stereocenters. The second-order valence-electron chi connectivity index (χ2n) is 6.05. The van der Waals surface area contributed by atoms with Crippen LogP contribution in [-0.4, -0.2) is 43.3 Å². The van der Waals surface area contributed by atoms with Crippen LogP contribution in [0.3, 0.4) is 0 Å². The van der Waals surface area contributed by atoms with Gasteiger partial charge in [0.2, 0.25) is 0 Å². The number of piperazine rings is 1. The summed E-state index contributed by atoms with van der Waals surface area (Å²) in [5.41, 5.74) is -0.287. The van der Waals surface area contributed by atoms with Gasteiger partial charge in [0.1, 0.15) is 12.4 Å². The molecule has 1 atom stereocenters. The molecule has 0 saturated carbocycles. The third-order valence-corrected chi connectivity index (χ3v) is 4.30. The van der Waals surface area contributed by atoms with Gasteiger partial charge >= 0.3 is 6.09 Å². The van der Waals surface area contributed by atoms with Crippen molar-refractivity contribution in [3.63, 3.8) is 0 Å². The summed E-state index contributed by atoms with van der Waals surface area (Å²) in [6.45, 7) is 5.76. The van der Waals surface area contributed by atoms with Gasteiger partial charge in [0.15, 0.2) is 11.6 Å². The summed E-state index contributed by atoms with van der Waals surface area (Å²) >= 11 is 0. The molecule has 0 aliphatic carbocycles. The van der Waals surface area contributed by atoms with Gasteiger partial charge in [0, 0.05) is 25.7 Å². The summed E-state index contributed by atoms with van der Waals surface area (Å²) in [6, 6.07) is 2.42. The number of benzene rings is 1. The van der Waals surface area contributed by atoms with E-state index < -0.39 is 24.3 Å². The Morgan fingerprint density at radius 1 is 1.35 bits per heavy atom. The van der Waals surface area contributed by atoms with Crippen LogP contribution in [0.4, 0.5) is 13.6 Å². The maximum atomic E-state index is 14.4. The van der Waals surface area contributed by atoms with Gasteiger partial charge in [-0.25, -0.2) is 13.6 Å². The first-order valence-corrected chi connectivity index (χ1v) is 8.82. The van der Waals surface area contributed by atoms with Crippen LogP contribution in [0.1, 0.15) is 38.7 Å². The second kappa shape index (κ2) is 11.2. The number of nitrogens with zero attached hydrogens (tertiary/aromatic N) is 1. The standard InChI is InChI=1S/C18H26F2N2O3.ClH/c1-3-5-10-24-16-7-6-15(19)14(17(16)20)12-25-18(23)22-9-8-21-11-13(22)4-2;/h6-7,13,21H,3-5,8-12H2,1-2H3;1H. The van der Waals surface area contributed by atoms with Crippen LogP contribution in [0.15, 0.2) is 12.1 Å². The average molecular weight is 393 g/mol. The van der Waals surface area contributed by atoms with Crippen molar-refractivity contribution < 1.29 is 23.0 Å². The van der Waals surface area contributed by atoms with Crippen molar-refractivity contribution in [3.8, 4) is 5.75 Å². The largest absolute Gasteiger partial charge is 0.491 e. The lowest BCUT2D eigenvalue weighted by molar-refractivity contribution is 0.0697. The van der Waals surface area contributed by atoms with E-state index in [1.165, 1.54) is 6.07 Å². The monoisotopic (exact) mass is 392 g/mol. The maximum absolute atomic E-state index is 14.4. The normalized spacial score (nSPS) is 16.8. The van der Waals surface area contributed by atoms with Crippen molar-refractivity contribution in [2.75, 3.05) is 26.2 Å². The fraction of sp³-hybridized carbons (Fsp3) is 0.611. The van der Waals surface area contributed by atoms with E-state index in [1.54, 1.807) is 4.90 Å². The molecule has 2 rings (SSSR count). The summed E-state index contributed by atoms with van der Waals surface area (Å²) < 4.78 is 38.9. The lowest BCUT2D eigenvalue weighted by atomic mass is 10.1. The molecule has 0 radical (unpaired) electrons. The fourth-order valence-electron chi connectivity index (χ4n) is 2.73. The van der Waals surface area contributed by atoms with Crippen LogP contribution >= 0.6 is 12.4 Å². The van der Waals surface area contributed by atoms with E-state index in [0.29, 0.717) is 26.2 Å². The van der Waals surface area contributed by atoms with Crippen molar-refractivity contribution in [1.82, 2.24) is 10.2 Å². The van der Waals surface area contributed by atoms with Crippen molar-refractivity contribution in [1.29, 1.82) is 0 Å². The highest BCUT2D eigenvalue weighted by molar-refractivity contribution is 5.85. The highest BCUT2D eigenvalue weighted by Crippen LogP contribution is 2.24. The molecule has 0 spiro atoms. The average Bonchev–Trinajstić information content (AvgIpc) is 2.63. The van der Waals surface area contributed by atoms with Crippen LogP contribution < -0.4 is 10.1 Å². The SMILES string of the molecule is CCCCOc1ccc(F)c(COC(=O)N2CCNCC2CC)c1F.Cl. The lowest BCUT2D eigenvalue weighted by Gasteiger charge is -2.34. The Labute approximate surface area is 159 Å². The van der Waals surface area contributed by atoms with E-state index >= 15 is 0 Å². The van der Waals surface area contributed by atoms with E-state index in [0.717, 1.165) is 25.3 Å². The van der Waals surface area contributed by atoms with E-state index in [1.807, 2.05) is 13.8 Å². The van der Waals surface area contributed by atoms with Crippen LogP contribution in [0.25, 0.3) is 0 Å². The Balaban J connectivity index is 0.00000338. The first kappa shape index (κ1) is 22.4. The predicted octanol–water partition coefficient (Wildman–Crippen LogP) is 3.89. The smallest absolute Gasteiger partial charge is 0.410 e. The number of rotatable bonds is 7. The summed E-state index contributed by atoms with van der Waals surface area (Å²) in [4.78, 5) is 13.9. The molecule has 8 heteroatoms. The number of ether oxygens (including phenoxy) is 2. The topological polar surface area (TPSA) is 50.8 Å². The molecular formula is C18H27ClF2N2O3. The molecule has 26 heavy (non-hydrogen) atoms. The number of amides is 1. The summed E-state index contributed by atoms with van der Waals surface area (Å²) in [5.74, 6) is -1.58. The number of hydrogen-bond acceptors (Lipinski definition) is 4. The van der Waals surface area contributed by atoms with Gasteiger partial charge < -0.3 is 19.7 Å². The maximum Gasteiger partial charge on any atom is 0.410 e. The minimum Gasteiger partial charge on any atom is -0.491 e. The molecule has 1 N–H and O–H groups in total. The van der Waals surface area contributed by atoms with Gasteiger partial charge in [0.05, 0.1) is 12.2 Å². The minimum absolute atomic E-state index is 0. The van der Waals surface area contributed by atoms with Crippen molar-refractivity contribution in [3.05, 3.63) is 29.3 Å². The molecule has 1 aromatic rings. The second-order valence-corrected chi connectivity index (χ2v) is 6.05. The number of hydrogen-bond donors (Lipinski definition) is 1.